The van der Waals surface area contributed by atoms with Crippen LogP contribution in [0.2, 0.25) is 0 Å². The highest BCUT2D eigenvalue weighted by Crippen LogP contribution is 2.50. The molecule has 5 rings (SSSR count). The number of aliphatic hydroxyl groups is 1. The summed E-state index contributed by atoms with van der Waals surface area (Å²) in [5.74, 6) is -0.858. The molecule has 32 heavy (non-hydrogen) atoms. The predicted octanol–water partition coefficient (Wildman–Crippen LogP) is 4.71. The fourth-order valence-corrected chi connectivity index (χ4v) is 4.54. The van der Waals surface area contributed by atoms with E-state index in [0.29, 0.717) is 30.0 Å². The third-order valence-electron chi connectivity index (χ3n) is 6.86. The van der Waals surface area contributed by atoms with E-state index in [1.54, 1.807) is 18.2 Å². The second-order valence-electron chi connectivity index (χ2n) is 10.1. The van der Waals surface area contributed by atoms with E-state index in [2.05, 4.69) is 55.3 Å². The zero-order chi connectivity index (χ0) is 22.7. The SMILES string of the molecule is COC1(O)CCOc2ccc(NC(=O)C3(c4ccc5[nH]c(C(C)(C)C)cc5c4)CC3)cc21. The molecule has 0 saturated heterocycles. The lowest BCUT2D eigenvalue weighted by molar-refractivity contribution is -0.209. The molecule has 1 aromatic heterocycles. The molecule has 1 aliphatic carbocycles. The largest absolute Gasteiger partial charge is 0.493 e. The zero-order valence-corrected chi connectivity index (χ0v) is 19.0. The number of amides is 1. The molecule has 3 aromatic rings. The van der Waals surface area contributed by atoms with Crippen molar-refractivity contribution in [3.8, 4) is 5.75 Å². The second kappa shape index (κ2) is 7.09. The molecule has 1 atom stereocenters. The van der Waals surface area contributed by atoms with Crippen molar-refractivity contribution in [1.29, 1.82) is 0 Å². The number of H-pyrrole nitrogens is 1. The molecular formula is C26H30N2O4. The maximum atomic E-state index is 13.4. The lowest BCUT2D eigenvalue weighted by Gasteiger charge is -2.33. The highest BCUT2D eigenvalue weighted by molar-refractivity contribution is 6.02. The van der Waals surface area contributed by atoms with E-state index in [0.717, 1.165) is 29.3 Å². The Bertz CT molecular complexity index is 1200. The minimum Gasteiger partial charge on any atom is -0.493 e. The molecule has 0 bridgehead atoms. The lowest BCUT2D eigenvalue weighted by Crippen LogP contribution is -2.34. The number of ether oxygens (including phenoxy) is 2. The summed E-state index contributed by atoms with van der Waals surface area (Å²) in [7, 11) is 1.47. The molecule has 3 N–H and O–H groups in total. The van der Waals surface area contributed by atoms with Crippen LogP contribution in [-0.2, 0) is 26.1 Å². The van der Waals surface area contributed by atoms with Gasteiger partial charge in [-0.25, -0.2) is 0 Å². The first-order valence-corrected chi connectivity index (χ1v) is 11.1. The van der Waals surface area contributed by atoms with E-state index in [1.165, 1.54) is 12.8 Å². The first-order valence-electron chi connectivity index (χ1n) is 11.1. The highest BCUT2D eigenvalue weighted by atomic mass is 16.6. The Kier molecular flexibility index (Phi) is 4.66. The number of aromatic nitrogens is 1. The zero-order valence-electron chi connectivity index (χ0n) is 19.0. The molecule has 1 fully saturated rings. The normalized spacial score (nSPS) is 21.7. The molecule has 0 radical (unpaired) electrons. The number of aromatic amines is 1. The third-order valence-corrected chi connectivity index (χ3v) is 6.86. The molecule has 0 spiro atoms. The first kappa shape index (κ1) is 21.0. The van der Waals surface area contributed by atoms with Crippen LogP contribution in [0.3, 0.4) is 0 Å². The van der Waals surface area contributed by atoms with Gasteiger partial charge in [-0.3, -0.25) is 4.79 Å². The van der Waals surface area contributed by atoms with Crippen molar-refractivity contribution < 1.29 is 19.4 Å². The summed E-state index contributed by atoms with van der Waals surface area (Å²) >= 11 is 0. The Labute approximate surface area is 187 Å². The van der Waals surface area contributed by atoms with Gasteiger partial charge in [0.15, 0.2) is 5.79 Å². The van der Waals surface area contributed by atoms with Crippen LogP contribution in [0, 0.1) is 0 Å². The maximum Gasteiger partial charge on any atom is 0.235 e. The van der Waals surface area contributed by atoms with E-state index in [1.807, 2.05) is 0 Å². The number of fused-ring (bicyclic) bond motifs is 2. The number of hydrogen-bond donors (Lipinski definition) is 3. The van der Waals surface area contributed by atoms with Crippen LogP contribution in [-0.4, -0.2) is 29.7 Å². The Morgan fingerprint density at radius 2 is 1.91 bits per heavy atom. The van der Waals surface area contributed by atoms with E-state index >= 15 is 0 Å². The van der Waals surface area contributed by atoms with Gasteiger partial charge in [-0.1, -0.05) is 26.8 Å². The van der Waals surface area contributed by atoms with Crippen LogP contribution < -0.4 is 10.1 Å². The molecule has 1 amide bonds. The maximum absolute atomic E-state index is 13.4. The van der Waals surface area contributed by atoms with Crippen LogP contribution in [0.5, 0.6) is 5.75 Å². The van der Waals surface area contributed by atoms with Gasteiger partial charge in [-0.2, -0.15) is 0 Å². The highest BCUT2D eigenvalue weighted by Gasteiger charge is 2.51. The van der Waals surface area contributed by atoms with E-state index < -0.39 is 11.2 Å². The second-order valence-corrected chi connectivity index (χ2v) is 10.1. The summed E-state index contributed by atoms with van der Waals surface area (Å²) in [4.78, 5) is 16.9. The summed E-state index contributed by atoms with van der Waals surface area (Å²) < 4.78 is 11.0. The van der Waals surface area contributed by atoms with Gasteiger partial charge in [0.2, 0.25) is 5.91 Å². The van der Waals surface area contributed by atoms with Crippen molar-refractivity contribution in [3.63, 3.8) is 0 Å². The average Bonchev–Trinajstić information content (AvgIpc) is 3.45. The van der Waals surface area contributed by atoms with Gasteiger partial charge >= 0.3 is 0 Å². The molecule has 1 saturated carbocycles. The van der Waals surface area contributed by atoms with Gasteiger partial charge < -0.3 is 24.9 Å². The lowest BCUT2D eigenvalue weighted by atomic mass is 9.91. The molecule has 168 valence electrons. The molecule has 6 heteroatoms. The predicted molar refractivity (Wildman–Crippen MR) is 124 cm³/mol. The van der Waals surface area contributed by atoms with Crippen molar-refractivity contribution >= 4 is 22.5 Å². The molecule has 2 aliphatic rings. The average molecular weight is 435 g/mol. The van der Waals surface area contributed by atoms with E-state index in [4.69, 9.17) is 9.47 Å². The topological polar surface area (TPSA) is 83.6 Å². The van der Waals surface area contributed by atoms with Gasteiger partial charge in [0.05, 0.1) is 17.6 Å². The minimum atomic E-state index is -1.41. The summed E-state index contributed by atoms with van der Waals surface area (Å²) in [5, 5.41) is 15.0. The van der Waals surface area contributed by atoms with E-state index in [-0.39, 0.29) is 11.3 Å². The summed E-state index contributed by atoms with van der Waals surface area (Å²) in [6.45, 7) is 6.93. The fraction of sp³-hybridized carbons (Fsp3) is 0.423. The Morgan fingerprint density at radius 3 is 2.59 bits per heavy atom. The number of carbonyl (C=O) groups excluding carboxylic acids is 1. The summed E-state index contributed by atoms with van der Waals surface area (Å²) in [6, 6.07) is 13.8. The van der Waals surface area contributed by atoms with Gasteiger partial charge in [0.25, 0.3) is 0 Å². The van der Waals surface area contributed by atoms with Crippen LogP contribution >= 0.6 is 0 Å². The first-order chi connectivity index (χ1) is 15.1. The summed E-state index contributed by atoms with van der Waals surface area (Å²) in [6.07, 6.45) is 1.97. The van der Waals surface area contributed by atoms with Crippen molar-refractivity contribution in [2.45, 2.75) is 56.7 Å². The van der Waals surface area contributed by atoms with Crippen molar-refractivity contribution in [3.05, 3.63) is 59.3 Å². The van der Waals surface area contributed by atoms with Crippen molar-refractivity contribution in [2.75, 3.05) is 19.0 Å². The number of carbonyl (C=O) groups is 1. The van der Waals surface area contributed by atoms with Gasteiger partial charge in [0, 0.05) is 35.8 Å². The Hall–Kier alpha value is -2.83. The van der Waals surface area contributed by atoms with Crippen LogP contribution in [0.1, 0.15) is 56.9 Å². The summed E-state index contributed by atoms with van der Waals surface area (Å²) in [5.41, 5.74) is 3.99. The van der Waals surface area contributed by atoms with Gasteiger partial charge in [0.1, 0.15) is 5.75 Å². The standard InChI is InChI=1S/C26H30N2O4/c1-24(2,3)22-14-16-13-17(5-7-20(16)28-22)25(9-10-25)23(29)27-18-6-8-21-19(15-18)26(30,31-4)11-12-32-21/h5-8,13-15,28,30H,9-12H2,1-4H3,(H,27,29). The number of rotatable bonds is 4. The smallest absolute Gasteiger partial charge is 0.235 e. The fourth-order valence-electron chi connectivity index (χ4n) is 4.54. The number of nitrogens with one attached hydrogen (secondary N) is 2. The number of methoxy groups -OCH3 is 1. The molecular weight excluding hydrogens is 404 g/mol. The number of anilines is 1. The van der Waals surface area contributed by atoms with Gasteiger partial charge in [-0.15, -0.1) is 0 Å². The molecule has 2 heterocycles. The minimum absolute atomic E-state index is 0.0268. The monoisotopic (exact) mass is 434 g/mol. The Morgan fingerprint density at radius 1 is 1.12 bits per heavy atom. The Balaban J connectivity index is 1.42. The molecule has 2 aromatic carbocycles. The van der Waals surface area contributed by atoms with Crippen molar-refractivity contribution in [2.24, 2.45) is 0 Å². The van der Waals surface area contributed by atoms with Crippen LogP contribution in [0.4, 0.5) is 5.69 Å². The third kappa shape index (κ3) is 3.38. The number of benzene rings is 2. The van der Waals surface area contributed by atoms with Gasteiger partial charge in [-0.05, 0) is 60.2 Å². The molecule has 1 unspecified atom stereocenters. The molecule has 6 nitrogen and oxygen atoms in total. The number of hydrogen-bond acceptors (Lipinski definition) is 4. The van der Waals surface area contributed by atoms with Crippen molar-refractivity contribution in [1.82, 2.24) is 4.98 Å². The molecule has 1 aliphatic heterocycles. The van der Waals surface area contributed by atoms with E-state index in [9.17, 15) is 9.90 Å². The van der Waals surface area contributed by atoms with Crippen LogP contribution in [0.15, 0.2) is 42.5 Å². The van der Waals surface area contributed by atoms with Crippen LogP contribution in [0.25, 0.3) is 10.9 Å². The quantitative estimate of drug-likeness (QED) is 0.519.